The van der Waals surface area contributed by atoms with Crippen LogP contribution >= 0.6 is 0 Å². The fourth-order valence-electron chi connectivity index (χ4n) is 2.52. The van der Waals surface area contributed by atoms with Crippen molar-refractivity contribution in [2.45, 2.75) is 13.3 Å². The fraction of sp³-hybridized carbons (Fsp3) is 0.158. The third-order valence-corrected chi connectivity index (χ3v) is 3.78. The van der Waals surface area contributed by atoms with Gasteiger partial charge in [0.25, 0.3) is 0 Å². The maximum atomic E-state index is 12.3. The SMILES string of the molecule is COc1cccc(CC(=O)Nc2cnn(-c3ccccc3)c2C)c1. The van der Waals surface area contributed by atoms with E-state index in [1.807, 2.05) is 61.5 Å². The van der Waals surface area contributed by atoms with Crippen LogP contribution in [0.3, 0.4) is 0 Å². The smallest absolute Gasteiger partial charge is 0.228 e. The second-order valence-electron chi connectivity index (χ2n) is 5.47. The van der Waals surface area contributed by atoms with Gasteiger partial charge >= 0.3 is 0 Å². The van der Waals surface area contributed by atoms with Gasteiger partial charge in [0.2, 0.25) is 5.91 Å². The molecule has 0 bridgehead atoms. The summed E-state index contributed by atoms with van der Waals surface area (Å²) in [5, 5.41) is 7.28. The molecule has 0 saturated carbocycles. The highest BCUT2D eigenvalue weighted by atomic mass is 16.5. The number of nitrogens with zero attached hydrogens (tertiary/aromatic N) is 2. The van der Waals surface area contributed by atoms with E-state index in [2.05, 4.69) is 10.4 Å². The predicted octanol–water partition coefficient (Wildman–Crippen LogP) is 3.37. The van der Waals surface area contributed by atoms with E-state index in [-0.39, 0.29) is 12.3 Å². The van der Waals surface area contributed by atoms with Crippen molar-refractivity contribution in [3.63, 3.8) is 0 Å². The third-order valence-electron chi connectivity index (χ3n) is 3.78. The first-order chi connectivity index (χ1) is 11.7. The Morgan fingerprint density at radius 3 is 2.71 bits per heavy atom. The maximum absolute atomic E-state index is 12.3. The number of aromatic nitrogens is 2. The number of hydrogen-bond donors (Lipinski definition) is 1. The molecule has 24 heavy (non-hydrogen) atoms. The number of ether oxygens (including phenoxy) is 1. The van der Waals surface area contributed by atoms with Gasteiger partial charge in [-0.25, -0.2) is 4.68 Å². The van der Waals surface area contributed by atoms with E-state index in [1.54, 1.807) is 18.0 Å². The van der Waals surface area contributed by atoms with Crippen molar-refractivity contribution in [1.29, 1.82) is 0 Å². The molecule has 1 aromatic heterocycles. The van der Waals surface area contributed by atoms with Gasteiger partial charge in [-0.1, -0.05) is 30.3 Å². The Bertz CT molecular complexity index is 841. The number of carbonyl (C=O) groups excluding carboxylic acids is 1. The van der Waals surface area contributed by atoms with E-state index >= 15 is 0 Å². The van der Waals surface area contributed by atoms with E-state index in [0.717, 1.165) is 22.7 Å². The Morgan fingerprint density at radius 2 is 1.96 bits per heavy atom. The molecule has 2 aromatic carbocycles. The van der Waals surface area contributed by atoms with Crippen LogP contribution in [0.4, 0.5) is 5.69 Å². The molecule has 1 heterocycles. The lowest BCUT2D eigenvalue weighted by Gasteiger charge is -2.07. The van der Waals surface area contributed by atoms with Gasteiger partial charge in [-0.3, -0.25) is 4.79 Å². The number of nitrogens with one attached hydrogen (secondary N) is 1. The Kier molecular flexibility index (Phi) is 4.61. The normalized spacial score (nSPS) is 10.4. The van der Waals surface area contributed by atoms with Gasteiger partial charge in [0.15, 0.2) is 0 Å². The average Bonchev–Trinajstić information content (AvgIpc) is 2.96. The average molecular weight is 321 g/mol. The number of rotatable bonds is 5. The first-order valence-corrected chi connectivity index (χ1v) is 7.70. The van der Waals surface area contributed by atoms with Gasteiger partial charge in [0.05, 0.1) is 36.8 Å². The van der Waals surface area contributed by atoms with Crippen molar-refractivity contribution in [3.8, 4) is 11.4 Å². The van der Waals surface area contributed by atoms with Crippen LogP contribution in [0.2, 0.25) is 0 Å². The Labute approximate surface area is 140 Å². The Morgan fingerprint density at radius 1 is 1.17 bits per heavy atom. The van der Waals surface area contributed by atoms with Gasteiger partial charge in [-0.2, -0.15) is 5.10 Å². The summed E-state index contributed by atoms with van der Waals surface area (Å²) >= 11 is 0. The molecule has 0 aliphatic rings. The van der Waals surface area contributed by atoms with Gasteiger partial charge in [0.1, 0.15) is 5.75 Å². The summed E-state index contributed by atoms with van der Waals surface area (Å²) in [6.45, 7) is 1.93. The minimum atomic E-state index is -0.0843. The van der Waals surface area contributed by atoms with E-state index in [4.69, 9.17) is 4.74 Å². The quantitative estimate of drug-likeness (QED) is 0.784. The second-order valence-corrected chi connectivity index (χ2v) is 5.47. The van der Waals surface area contributed by atoms with Gasteiger partial charge in [0, 0.05) is 0 Å². The summed E-state index contributed by atoms with van der Waals surface area (Å²) in [5.41, 5.74) is 3.47. The molecule has 0 atom stereocenters. The largest absolute Gasteiger partial charge is 0.497 e. The molecular weight excluding hydrogens is 302 g/mol. The van der Waals surface area contributed by atoms with Gasteiger partial charge in [-0.15, -0.1) is 0 Å². The van der Waals surface area contributed by atoms with Crippen LogP contribution in [0.1, 0.15) is 11.3 Å². The zero-order valence-corrected chi connectivity index (χ0v) is 13.7. The van der Waals surface area contributed by atoms with Crippen LogP contribution in [-0.4, -0.2) is 22.8 Å². The first kappa shape index (κ1) is 15.8. The molecule has 3 aromatic rings. The van der Waals surface area contributed by atoms with Crippen LogP contribution in [0.25, 0.3) is 5.69 Å². The van der Waals surface area contributed by atoms with Gasteiger partial charge < -0.3 is 10.1 Å². The molecule has 0 fully saturated rings. The number of benzene rings is 2. The van der Waals surface area contributed by atoms with Crippen LogP contribution < -0.4 is 10.1 Å². The molecule has 5 nitrogen and oxygen atoms in total. The number of para-hydroxylation sites is 1. The zero-order chi connectivity index (χ0) is 16.9. The third kappa shape index (κ3) is 3.46. The molecule has 122 valence electrons. The summed E-state index contributed by atoms with van der Waals surface area (Å²) in [5.74, 6) is 0.660. The van der Waals surface area contributed by atoms with Crippen molar-refractivity contribution in [3.05, 3.63) is 72.1 Å². The molecule has 0 radical (unpaired) electrons. The fourth-order valence-corrected chi connectivity index (χ4v) is 2.52. The Balaban J connectivity index is 1.72. The Hall–Kier alpha value is -3.08. The molecule has 3 rings (SSSR count). The molecule has 0 aliphatic heterocycles. The summed E-state index contributed by atoms with van der Waals surface area (Å²) in [7, 11) is 1.61. The number of methoxy groups -OCH3 is 1. The molecule has 0 unspecified atom stereocenters. The number of anilines is 1. The highest BCUT2D eigenvalue weighted by molar-refractivity contribution is 5.92. The topological polar surface area (TPSA) is 56.1 Å². The summed E-state index contributed by atoms with van der Waals surface area (Å²) in [6.07, 6.45) is 1.96. The number of hydrogen-bond acceptors (Lipinski definition) is 3. The summed E-state index contributed by atoms with van der Waals surface area (Å²) in [6, 6.07) is 17.3. The second kappa shape index (κ2) is 7.00. The van der Waals surface area contributed by atoms with Crippen molar-refractivity contribution >= 4 is 11.6 Å². The molecular formula is C19H19N3O2. The van der Waals surface area contributed by atoms with E-state index in [9.17, 15) is 4.79 Å². The van der Waals surface area contributed by atoms with Crippen molar-refractivity contribution < 1.29 is 9.53 Å². The summed E-state index contributed by atoms with van der Waals surface area (Å²) in [4.78, 5) is 12.3. The lowest BCUT2D eigenvalue weighted by molar-refractivity contribution is -0.115. The standard InChI is InChI=1S/C19H19N3O2/c1-14-18(13-20-22(14)16-8-4-3-5-9-16)21-19(23)12-15-7-6-10-17(11-15)24-2/h3-11,13H,12H2,1-2H3,(H,21,23). The molecule has 0 saturated heterocycles. The lowest BCUT2D eigenvalue weighted by Crippen LogP contribution is -2.15. The number of amides is 1. The molecule has 1 N–H and O–H groups in total. The maximum Gasteiger partial charge on any atom is 0.228 e. The first-order valence-electron chi connectivity index (χ1n) is 7.70. The van der Waals surface area contributed by atoms with E-state index in [1.165, 1.54) is 0 Å². The molecule has 0 aliphatic carbocycles. The number of carbonyl (C=O) groups is 1. The van der Waals surface area contributed by atoms with Crippen LogP contribution in [0, 0.1) is 6.92 Å². The van der Waals surface area contributed by atoms with Crippen LogP contribution in [0.5, 0.6) is 5.75 Å². The van der Waals surface area contributed by atoms with E-state index < -0.39 is 0 Å². The summed E-state index contributed by atoms with van der Waals surface area (Å²) < 4.78 is 6.99. The molecule has 0 spiro atoms. The van der Waals surface area contributed by atoms with Crippen LogP contribution in [-0.2, 0) is 11.2 Å². The highest BCUT2D eigenvalue weighted by Crippen LogP contribution is 2.19. The molecule has 5 heteroatoms. The highest BCUT2D eigenvalue weighted by Gasteiger charge is 2.11. The van der Waals surface area contributed by atoms with Crippen molar-refractivity contribution in [2.75, 3.05) is 12.4 Å². The van der Waals surface area contributed by atoms with Crippen LogP contribution in [0.15, 0.2) is 60.8 Å². The monoisotopic (exact) mass is 321 g/mol. The predicted molar refractivity (Wildman–Crippen MR) is 93.6 cm³/mol. The minimum absolute atomic E-state index is 0.0843. The molecule has 1 amide bonds. The lowest BCUT2D eigenvalue weighted by atomic mass is 10.1. The van der Waals surface area contributed by atoms with Gasteiger partial charge in [-0.05, 0) is 36.8 Å². The van der Waals surface area contributed by atoms with Crippen molar-refractivity contribution in [1.82, 2.24) is 9.78 Å². The van der Waals surface area contributed by atoms with E-state index in [0.29, 0.717) is 5.69 Å². The minimum Gasteiger partial charge on any atom is -0.497 e. The zero-order valence-electron chi connectivity index (χ0n) is 13.7. The van der Waals surface area contributed by atoms with Crippen molar-refractivity contribution in [2.24, 2.45) is 0 Å².